The fourth-order valence-electron chi connectivity index (χ4n) is 5.78. The van der Waals surface area contributed by atoms with Crippen LogP contribution in [0.3, 0.4) is 0 Å². The summed E-state index contributed by atoms with van der Waals surface area (Å²) in [5, 5.41) is 0. The highest BCUT2D eigenvalue weighted by atomic mass is 16.2. The summed E-state index contributed by atoms with van der Waals surface area (Å²) >= 11 is 0. The van der Waals surface area contributed by atoms with Gasteiger partial charge in [0.05, 0.1) is 5.92 Å². The molecule has 6 nitrogen and oxygen atoms in total. The molecule has 1 aliphatic carbocycles. The first-order valence-corrected chi connectivity index (χ1v) is 12.0. The first-order valence-electron chi connectivity index (χ1n) is 12.0. The molecule has 0 radical (unpaired) electrons. The molecule has 3 aliphatic heterocycles. The Morgan fingerprint density at radius 3 is 2.03 bits per heavy atom. The maximum Gasteiger partial charge on any atom is 0.227 e. The Bertz CT molecular complexity index is 602. The Hall–Kier alpha value is -1.59. The number of nitrogens with zero attached hydrogens (tertiary/aromatic N) is 3. The molecule has 3 heterocycles. The fraction of sp³-hybridized carbons (Fsp3) is 0.870. The van der Waals surface area contributed by atoms with Crippen molar-refractivity contribution in [3.63, 3.8) is 0 Å². The number of carbonyl (C=O) groups is 3. The third kappa shape index (κ3) is 4.95. The van der Waals surface area contributed by atoms with E-state index in [2.05, 4.69) is 0 Å². The molecule has 4 aliphatic rings. The van der Waals surface area contributed by atoms with Crippen LogP contribution in [-0.4, -0.2) is 71.7 Å². The molecule has 0 aromatic carbocycles. The number of hydrogen-bond donors (Lipinski definition) is 0. The Kier molecular flexibility index (Phi) is 6.76. The minimum atomic E-state index is -0.0536. The number of carbonyl (C=O) groups excluding carboxylic acids is 3. The fourth-order valence-corrected chi connectivity index (χ4v) is 5.78. The summed E-state index contributed by atoms with van der Waals surface area (Å²) in [7, 11) is 0. The van der Waals surface area contributed by atoms with E-state index in [-0.39, 0.29) is 23.7 Å². The van der Waals surface area contributed by atoms with E-state index in [1.807, 2.05) is 14.7 Å². The topological polar surface area (TPSA) is 60.9 Å². The molecule has 3 saturated heterocycles. The normalized spacial score (nSPS) is 27.5. The van der Waals surface area contributed by atoms with Gasteiger partial charge in [0.15, 0.2) is 0 Å². The SMILES string of the molecule is O=C1CC[C@@H](C(=O)N2CCC(C(=O)N3CCCC3)CC2)CN1CC1CCCCC1. The number of rotatable bonds is 4. The maximum absolute atomic E-state index is 13.1. The van der Waals surface area contributed by atoms with Gasteiger partial charge in [0.25, 0.3) is 0 Å². The van der Waals surface area contributed by atoms with Crippen LogP contribution in [0.15, 0.2) is 0 Å². The van der Waals surface area contributed by atoms with Gasteiger partial charge in [-0.3, -0.25) is 14.4 Å². The van der Waals surface area contributed by atoms with E-state index in [0.717, 1.165) is 45.3 Å². The minimum Gasteiger partial charge on any atom is -0.342 e. The molecular formula is C23H37N3O3. The zero-order chi connectivity index (χ0) is 20.2. The molecule has 4 fully saturated rings. The van der Waals surface area contributed by atoms with Crippen LogP contribution < -0.4 is 0 Å². The summed E-state index contributed by atoms with van der Waals surface area (Å²) in [4.78, 5) is 44.1. The lowest BCUT2D eigenvalue weighted by Gasteiger charge is -2.39. The monoisotopic (exact) mass is 403 g/mol. The summed E-state index contributed by atoms with van der Waals surface area (Å²) in [6.45, 7) is 4.64. The summed E-state index contributed by atoms with van der Waals surface area (Å²) in [5.41, 5.74) is 0. The molecule has 0 aromatic heterocycles. The molecule has 0 spiro atoms. The maximum atomic E-state index is 13.1. The van der Waals surface area contributed by atoms with Crippen molar-refractivity contribution in [2.24, 2.45) is 17.8 Å². The smallest absolute Gasteiger partial charge is 0.227 e. The van der Waals surface area contributed by atoms with E-state index in [9.17, 15) is 14.4 Å². The Balaban J connectivity index is 1.26. The second kappa shape index (κ2) is 9.48. The van der Waals surface area contributed by atoms with Crippen molar-refractivity contribution in [3.05, 3.63) is 0 Å². The average molecular weight is 404 g/mol. The van der Waals surface area contributed by atoms with Gasteiger partial charge in [-0.2, -0.15) is 0 Å². The molecule has 1 saturated carbocycles. The second-order valence-corrected chi connectivity index (χ2v) is 9.67. The molecule has 0 N–H and O–H groups in total. The van der Waals surface area contributed by atoms with Crippen molar-refractivity contribution >= 4 is 17.7 Å². The Labute approximate surface area is 175 Å². The van der Waals surface area contributed by atoms with Gasteiger partial charge >= 0.3 is 0 Å². The second-order valence-electron chi connectivity index (χ2n) is 9.67. The Morgan fingerprint density at radius 1 is 0.724 bits per heavy atom. The number of amides is 3. The van der Waals surface area contributed by atoms with Crippen LogP contribution in [0.2, 0.25) is 0 Å². The predicted molar refractivity (Wildman–Crippen MR) is 111 cm³/mol. The van der Waals surface area contributed by atoms with Gasteiger partial charge in [-0.1, -0.05) is 19.3 Å². The van der Waals surface area contributed by atoms with Crippen LogP contribution in [-0.2, 0) is 14.4 Å². The van der Waals surface area contributed by atoms with E-state index < -0.39 is 0 Å². The predicted octanol–water partition coefficient (Wildman–Crippen LogP) is 2.67. The van der Waals surface area contributed by atoms with Gasteiger partial charge in [0.2, 0.25) is 17.7 Å². The summed E-state index contributed by atoms with van der Waals surface area (Å²) in [6.07, 6.45) is 11.3. The highest BCUT2D eigenvalue weighted by Gasteiger charge is 2.36. The molecule has 0 unspecified atom stereocenters. The largest absolute Gasteiger partial charge is 0.342 e. The summed E-state index contributed by atoms with van der Waals surface area (Å²) < 4.78 is 0. The van der Waals surface area contributed by atoms with Crippen molar-refractivity contribution < 1.29 is 14.4 Å². The molecule has 0 bridgehead atoms. The van der Waals surface area contributed by atoms with Gasteiger partial charge < -0.3 is 14.7 Å². The van der Waals surface area contributed by atoms with Crippen LogP contribution in [0.25, 0.3) is 0 Å². The highest BCUT2D eigenvalue weighted by Crippen LogP contribution is 2.29. The quantitative estimate of drug-likeness (QED) is 0.725. The van der Waals surface area contributed by atoms with Crippen molar-refractivity contribution in [1.29, 1.82) is 0 Å². The third-order valence-corrected chi connectivity index (χ3v) is 7.63. The molecule has 6 heteroatoms. The van der Waals surface area contributed by atoms with Crippen LogP contribution in [0.5, 0.6) is 0 Å². The Morgan fingerprint density at radius 2 is 1.34 bits per heavy atom. The lowest BCUT2D eigenvalue weighted by atomic mass is 9.87. The molecule has 29 heavy (non-hydrogen) atoms. The van der Waals surface area contributed by atoms with Crippen molar-refractivity contribution in [2.75, 3.05) is 39.3 Å². The van der Waals surface area contributed by atoms with Gasteiger partial charge in [0.1, 0.15) is 0 Å². The lowest BCUT2D eigenvalue weighted by Crippen LogP contribution is -2.50. The van der Waals surface area contributed by atoms with Crippen molar-refractivity contribution in [1.82, 2.24) is 14.7 Å². The van der Waals surface area contributed by atoms with Gasteiger partial charge in [-0.15, -0.1) is 0 Å². The van der Waals surface area contributed by atoms with Gasteiger partial charge in [-0.05, 0) is 50.9 Å². The van der Waals surface area contributed by atoms with Gasteiger partial charge in [-0.25, -0.2) is 0 Å². The van der Waals surface area contributed by atoms with E-state index in [1.165, 1.54) is 32.1 Å². The van der Waals surface area contributed by atoms with Crippen LogP contribution in [0, 0.1) is 17.8 Å². The molecular weight excluding hydrogens is 366 g/mol. The number of likely N-dealkylation sites (tertiary alicyclic amines) is 3. The summed E-state index contributed by atoms with van der Waals surface area (Å²) in [5.74, 6) is 1.40. The first-order chi connectivity index (χ1) is 14.1. The van der Waals surface area contributed by atoms with Crippen molar-refractivity contribution in [3.8, 4) is 0 Å². The van der Waals surface area contributed by atoms with Crippen LogP contribution >= 0.6 is 0 Å². The van der Waals surface area contributed by atoms with Gasteiger partial charge in [0, 0.05) is 51.6 Å². The molecule has 0 aromatic rings. The summed E-state index contributed by atoms with van der Waals surface area (Å²) in [6, 6.07) is 0. The van der Waals surface area contributed by atoms with Crippen molar-refractivity contribution in [2.45, 2.75) is 70.6 Å². The third-order valence-electron chi connectivity index (χ3n) is 7.63. The highest BCUT2D eigenvalue weighted by molar-refractivity contribution is 5.84. The molecule has 162 valence electrons. The number of hydrogen-bond acceptors (Lipinski definition) is 3. The zero-order valence-corrected chi connectivity index (χ0v) is 17.8. The van der Waals surface area contributed by atoms with Crippen LogP contribution in [0.4, 0.5) is 0 Å². The standard InChI is InChI=1S/C23H37N3O3/c27-21-9-8-20(17-26(21)16-18-6-2-1-3-7-18)23(29)25-14-10-19(11-15-25)22(28)24-12-4-5-13-24/h18-20H,1-17H2/t20-/m1/s1. The van der Waals surface area contributed by atoms with E-state index in [4.69, 9.17) is 0 Å². The zero-order valence-electron chi connectivity index (χ0n) is 17.8. The number of piperidine rings is 2. The molecule has 1 atom stereocenters. The van der Waals surface area contributed by atoms with E-state index in [0.29, 0.717) is 44.3 Å². The first kappa shape index (κ1) is 20.7. The molecule has 4 rings (SSSR count). The molecule has 3 amide bonds. The van der Waals surface area contributed by atoms with Crippen LogP contribution in [0.1, 0.15) is 70.6 Å². The lowest BCUT2D eigenvalue weighted by molar-refractivity contribution is -0.146. The van der Waals surface area contributed by atoms with E-state index >= 15 is 0 Å². The van der Waals surface area contributed by atoms with E-state index in [1.54, 1.807) is 0 Å². The average Bonchev–Trinajstić information content (AvgIpc) is 3.30. The minimum absolute atomic E-state index is 0.0536.